The summed E-state index contributed by atoms with van der Waals surface area (Å²) in [6, 6.07) is 0. The SMILES string of the molecule is CCOC1COC2C(C)COC12. The third-order valence-corrected chi connectivity index (χ3v) is 2.64. The molecule has 4 unspecified atom stereocenters. The van der Waals surface area contributed by atoms with Crippen LogP contribution in [0.15, 0.2) is 0 Å². The van der Waals surface area contributed by atoms with E-state index >= 15 is 0 Å². The third-order valence-electron chi connectivity index (χ3n) is 2.64. The molecule has 0 aromatic heterocycles. The Morgan fingerprint density at radius 1 is 1.25 bits per heavy atom. The van der Waals surface area contributed by atoms with Gasteiger partial charge in [0.25, 0.3) is 0 Å². The molecule has 0 saturated carbocycles. The van der Waals surface area contributed by atoms with Crippen LogP contribution in [0.25, 0.3) is 0 Å². The lowest BCUT2D eigenvalue weighted by atomic mass is 10.0. The summed E-state index contributed by atoms with van der Waals surface area (Å²) in [4.78, 5) is 0. The van der Waals surface area contributed by atoms with Gasteiger partial charge in [0.05, 0.1) is 19.3 Å². The molecular weight excluding hydrogens is 156 g/mol. The van der Waals surface area contributed by atoms with Crippen LogP contribution in [0.1, 0.15) is 13.8 Å². The highest BCUT2D eigenvalue weighted by Crippen LogP contribution is 2.31. The lowest BCUT2D eigenvalue weighted by Crippen LogP contribution is -2.30. The average molecular weight is 172 g/mol. The molecule has 0 bridgehead atoms. The maximum absolute atomic E-state index is 5.60. The number of rotatable bonds is 2. The van der Waals surface area contributed by atoms with Gasteiger partial charge in [0.1, 0.15) is 12.2 Å². The van der Waals surface area contributed by atoms with E-state index in [0.717, 1.165) is 13.2 Å². The second-order valence-electron chi connectivity index (χ2n) is 3.57. The molecule has 0 aromatic carbocycles. The Labute approximate surface area is 73.0 Å². The van der Waals surface area contributed by atoms with Crippen molar-refractivity contribution in [2.75, 3.05) is 19.8 Å². The standard InChI is InChI=1S/C9H16O3/c1-3-10-7-5-12-8-6(2)4-11-9(7)8/h6-9H,3-5H2,1-2H3. The minimum atomic E-state index is 0.171. The third kappa shape index (κ3) is 1.26. The molecule has 2 aliphatic heterocycles. The average Bonchev–Trinajstić information content (AvgIpc) is 2.58. The van der Waals surface area contributed by atoms with E-state index in [2.05, 4.69) is 6.92 Å². The first-order chi connectivity index (χ1) is 5.83. The minimum Gasteiger partial charge on any atom is -0.373 e. The first-order valence-electron chi connectivity index (χ1n) is 4.67. The lowest BCUT2D eigenvalue weighted by molar-refractivity contribution is -0.0274. The molecule has 0 N–H and O–H groups in total. The van der Waals surface area contributed by atoms with Gasteiger partial charge in [-0.2, -0.15) is 0 Å². The predicted molar refractivity (Wildman–Crippen MR) is 44.1 cm³/mol. The zero-order valence-corrected chi connectivity index (χ0v) is 7.66. The molecule has 2 heterocycles. The van der Waals surface area contributed by atoms with Gasteiger partial charge in [-0.15, -0.1) is 0 Å². The van der Waals surface area contributed by atoms with E-state index < -0.39 is 0 Å². The molecule has 0 aliphatic carbocycles. The number of fused-ring (bicyclic) bond motifs is 1. The van der Waals surface area contributed by atoms with Crippen molar-refractivity contribution in [3.05, 3.63) is 0 Å². The Morgan fingerprint density at radius 2 is 2.00 bits per heavy atom. The number of hydrogen-bond donors (Lipinski definition) is 0. The molecule has 0 spiro atoms. The highest BCUT2D eigenvalue weighted by molar-refractivity contribution is 4.93. The van der Waals surface area contributed by atoms with E-state index in [-0.39, 0.29) is 18.3 Å². The van der Waals surface area contributed by atoms with Gasteiger partial charge in [0, 0.05) is 12.5 Å². The molecule has 3 nitrogen and oxygen atoms in total. The number of hydrogen-bond acceptors (Lipinski definition) is 3. The second-order valence-corrected chi connectivity index (χ2v) is 3.57. The topological polar surface area (TPSA) is 27.7 Å². The molecule has 2 fully saturated rings. The molecule has 0 radical (unpaired) electrons. The van der Waals surface area contributed by atoms with Gasteiger partial charge in [-0.05, 0) is 6.92 Å². The summed E-state index contributed by atoms with van der Waals surface area (Å²) in [5, 5.41) is 0. The van der Waals surface area contributed by atoms with Gasteiger partial charge >= 0.3 is 0 Å². The van der Waals surface area contributed by atoms with Crippen molar-refractivity contribution in [2.24, 2.45) is 5.92 Å². The Kier molecular flexibility index (Phi) is 2.35. The summed E-state index contributed by atoms with van der Waals surface area (Å²) in [7, 11) is 0. The summed E-state index contributed by atoms with van der Waals surface area (Å²) in [6.45, 7) is 6.44. The largest absolute Gasteiger partial charge is 0.373 e. The maximum Gasteiger partial charge on any atom is 0.112 e. The summed E-state index contributed by atoms with van der Waals surface area (Å²) >= 11 is 0. The van der Waals surface area contributed by atoms with Gasteiger partial charge < -0.3 is 14.2 Å². The molecular formula is C9H16O3. The zero-order valence-electron chi connectivity index (χ0n) is 7.66. The van der Waals surface area contributed by atoms with Gasteiger partial charge in [-0.3, -0.25) is 0 Å². The Hall–Kier alpha value is -0.120. The van der Waals surface area contributed by atoms with E-state index in [1.165, 1.54) is 0 Å². The van der Waals surface area contributed by atoms with E-state index in [4.69, 9.17) is 14.2 Å². The second kappa shape index (κ2) is 3.32. The summed E-state index contributed by atoms with van der Waals surface area (Å²) in [6.07, 6.45) is 0.645. The molecule has 2 saturated heterocycles. The van der Waals surface area contributed by atoms with Crippen molar-refractivity contribution in [3.8, 4) is 0 Å². The van der Waals surface area contributed by atoms with E-state index in [1.54, 1.807) is 0 Å². The van der Waals surface area contributed by atoms with Gasteiger partial charge in [-0.25, -0.2) is 0 Å². The van der Waals surface area contributed by atoms with Crippen LogP contribution >= 0.6 is 0 Å². The molecule has 0 amide bonds. The normalized spacial score (nSPS) is 46.5. The molecule has 2 rings (SSSR count). The van der Waals surface area contributed by atoms with Crippen molar-refractivity contribution in [1.82, 2.24) is 0 Å². The van der Waals surface area contributed by atoms with E-state index in [1.807, 2.05) is 6.92 Å². The fourth-order valence-electron chi connectivity index (χ4n) is 2.01. The maximum atomic E-state index is 5.60. The van der Waals surface area contributed by atoms with Crippen molar-refractivity contribution >= 4 is 0 Å². The first kappa shape index (κ1) is 8.48. The fraction of sp³-hybridized carbons (Fsp3) is 1.00. The van der Waals surface area contributed by atoms with Crippen LogP contribution in [0.2, 0.25) is 0 Å². The Morgan fingerprint density at radius 3 is 2.75 bits per heavy atom. The van der Waals surface area contributed by atoms with Crippen LogP contribution in [0.5, 0.6) is 0 Å². The summed E-state index contributed by atoms with van der Waals surface area (Å²) < 4.78 is 16.7. The predicted octanol–water partition coefficient (Wildman–Crippen LogP) is 0.825. The van der Waals surface area contributed by atoms with E-state index in [9.17, 15) is 0 Å². The van der Waals surface area contributed by atoms with Gasteiger partial charge in [0.2, 0.25) is 0 Å². The smallest absolute Gasteiger partial charge is 0.112 e. The molecule has 12 heavy (non-hydrogen) atoms. The molecule has 3 heteroatoms. The molecule has 4 atom stereocenters. The minimum absolute atomic E-state index is 0.171. The molecule has 2 aliphatic rings. The summed E-state index contributed by atoms with van der Waals surface area (Å²) in [5.41, 5.74) is 0. The lowest BCUT2D eigenvalue weighted by Gasteiger charge is -2.15. The van der Waals surface area contributed by atoms with Crippen molar-refractivity contribution < 1.29 is 14.2 Å². The van der Waals surface area contributed by atoms with Crippen LogP contribution in [-0.2, 0) is 14.2 Å². The van der Waals surface area contributed by atoms with Crippen LogP contribution < -0.4 is 0 Å². The molecule has 70 valence electrons. The molecule has 0 aromatic rings. The number of ether oxygens (including phenoxy) is 3. The monoisotopic (exact) mass is 172 g/mol. The quantitative estimate of drug-likeness (QED) is 0.617. The summed E-state index contributed by atoms with van der Waals surface area (Å²) in [5.74, 6) is 0.528. The van der Waals surface area contributed by atoms with Gasteiger partial charge in [0.15, 0.2) is 0 Å². The Balaban J connectivity index is 1.96. The van der Waals surface area contributed by atoms with E-state index in [0.29, 0.717) is 12.5 Å². The fourth-order valence-corrected chi connectivity index (χ4v) is 2.01. The Bertz CT molecular complexity index is 160. The highest BCUT2D eigenvalue weighted by Gasteiger charge is 2.46. The van der Waals surface area contributed by atoms with Crippen LogP contribution in [0, 0.1) is 5.92 Å². The first-order valence-corrected chi connectivity index (χ1v) is 4.67. The zero-order chi connectivity index (χ0) is 8.55. The van der Waals surface area contributed by atoms with Crippen LogP contribution in [-0.4, -0.2) is 38.1 Å². The van der Waals surface area contributed by atoms with Crippen molar-refractivity contribution in [3.63, 3.8) is 0 Å². The van der Waals surface area contributed by atoms with Crippen LogP contribution in [0.3, 0.4) is 0 Å². The van der Waals surface area contributed by atoms with Crippen molar-refractivity contribution in [1.29, 1.82) is 0 Å². The van der Waals surface area contributed by atoms with Crippen LogP contribution in [0.4, 0.5) is 0 Å². The highest BCUT2D eigenvalue weighted by atomic mass is 16.6. The van der Waals surface area contributed by atoms with Gasteiger partial charge in [-0.1, -0.05) is 6.92 Å². The van der Waals surface area contributed by atoms with Crippen molar-refractivity contribution in [2.45, 2.75) is 32.2 Å².